The summed E-state index contributed by atoms with van der Waals surface area (Å²) in [5.74, 6) is 2.61. The van der Waals surface area contributed by atoms with Gasteiger partial charge in [0.25, 0.3) is 5.69 Å². The molecule has 0 amide bonds. The van der Waals surface area contributed by atoms with Crippen LogP contribution in [0.15, 0.2) is 18.2 Å². The molecule has 1 aromatic carbocycles. The van der Waals surface area contributed by atoms with Crippen LogP contribution in [0, 0.1) is 10.1 Å². The second kappa shape index (κ2) is 7.30. The average molecular weight is 377 g/mol. The van der Waals surface area contributed by atoms with E-state index in [2.05, 4.69) is 25.0 Å². The number of nitrogens with one attached hydrogen (secondary N) is 1. The van der Waals surface area contributed by atoms with Crippen LogP contribution in [0.4, 0.5) is 5.69 Å². The molecule has 0 aliphatic carbocycles. The van der Waals surface area contributed by atoms with Crippen LogP contribution in [-0.4, -0.2) is 44.2 Å². The number of nitro benzene ring substituents is 1. The monoisotopic (exact) mass is 376 g/mol. The molecule has 4 rings (SSSR count). The van der Waals surface area contributed by atoms with E-state index in [4.69, 9.17) is 11.6 Å². The highest BCUT2D eigenvalue weighted by Gasteiger charge is 2.27. The van der Waals surface area contributed by atoms with E-state index in [1.165, 1.54) is 6.07 Å². The third kappa shape index (κ3) is 3.44. The van der Waals surface area contributed by atoms with Gasteiger partial charge in [0.05, 0.1) is 11.5 Å². The summed E-state index contributed by atoms with van der Waals surface area (Å²) in [6.07, 6.45) is 2.10. The first kappa shape index (κ1) is 17.4. The van der Waals surface area contributed by atoms with Crippen LogP contribution in [0.25, 0.3) is 0 Å². The Hall–Kier alpha value is -2.03. The summed E-state index contributed by atoms with van der Waals surface area (Å²) < 4.78 is 2.27. The van der Waals surface area contributed by atoms with Crippen molar-refractivity contribution in [3.05, 3.63) is 50.5 Å². The molecule has 1 fully saturated rings. The fourth-order valence-electron chi connectivity index (χ4n) is 3.82. The molecular formula is C17H21ClN6O2. The number of benzene rings is 1. The van der Waals surface area contributed by atoms with Crippen LogP contribution in [0.5, 0.6) is 0 Å². The van der Waals surface area contributed by atoms with Gasteiger partial charge >= 0.3 is 0 Å². The molecule has 0 bridgehead atoms. The Morgan fingerprint density at radius 3 is 2.81 bits per heavy atom. The van der Waals surface area contributed by atoms with Gasteiger partial charge in [-0.15, -0.1) is 10.2 Å². The first-order chi connectivity index (χ1) is 12.6. The number of aromatic nitrogens is 3. The van der Waals surface area contributed by atoms with Gasteiger partial charge in [-0.05, 0) is 37.6 Å². The number of halogens is 1. The first-order valence-corrected chi connectivity index (χ1v) is 9.27. The number of likely N-dealkylation sites (tertiary alicyclic amines) is 1. The van der Waals surface area contributed by atoms with Crippen LogP contribution >= 0.6 is 11.6 Å². The normalized spacial score (nSPS) is 18.7. The Morgan fingerprint density at radius 1 is 1.27 bits per heavy atom. The molecule has 1 aromatic heterocycles. The Kier molecular flexibility index (Phi) is 4.88. The Bertz CT molecular complexity index is 816. The molecule has 0 spiro atoms. The highest BCUT2D eigenvalue weighted by molar-refractivity contribution is 6.32. The maximum atomic E-state index is 10.9. The predicted octanol–water partition coefficient (Wildman–Crippen LogP) is 2.32. The molecule has 26 heavy (non-hydrogen) atoms. The second-order valence-electron chi connectivity index (χ2n) is 6.90. The molecule has 8 nitrogen and oxygen atoms in total. The van der Waals surface area contributed by atoms with E-state index in [0.29, 0.717) is 5.92 Å². The summed E-state index contributed by atoms with van der Waals surface area (Å²) in [6.45, 7) is 5.41. The molecule has 0 saturated carbocycles. The zero-order valence-corrected chi connectivity index (χ0v) is 15.2. The van der Waals surface area contributed by atoms with Gasteiger partial charge in [-0.3, -0.25) is 15.0 Å². The molecule has 2 aliphatic rings. The minimum Gasteiger partial charge on any atom is -0.312 e. The molecule has 0 unspecified atom stereocenters. The summed E-state index contributed by atoms with van der Waals surface area (Å²) in [4.78, 5) is 12.8. The molecular weight excluding hydrogens is 356 g/mol. The van der Waals surface area contributed by atoms with E-state index >= 15 is 0 Å². The van der Waals surface area contributed by atoms with Crippen LogP contribution < -0.4 is 5.32 Å². The highest BCUT2D eigenvalue weighted by atomic mass is 35.5. The van der Waals surface area contributed by atoms with Gasteiger partial charge in [0.1, 0.15) is 16.7 Å². The average Bonchev–Trinajstić information content (AvgIpc) is 3.06. The summed E-state index contributed by atoms with van der Waals surface area (Å²) in [5.41, 5.74) is 0.963. The fourth-order valence-corrected chi connectivity index (χ4v) is 4.09. The standard InChI is InChI=1S/C17H21ClN6O2/c18-14-9-12(1-2-15(14)24(25)26)11-22-6-3-13(4-7-22)17-21-20-16-10-19-5-8-23(16)17/h1-2,9,13,19H,3-8,10-11H2. The topological polar surface area (TPSA) is 89.1 Å². The van der Waals surface area contributed by atoms with E-state index in [-0.39, 0.29) is 10.7 Å². The lowest BCUT2D eigenvalue weighted by molar-refractivity contribution is -0.384. The van der Waals surface area contributed by atoms with Crippen molar-refractivity contribution in [3.63, 3.8) is 0 Å². The number of nitrogens with zero attached hydrogens (tertiary/aromatic N) is 5. The molecule has 2 aliphatic heterocycles. The lowest BCUT2D eigenvalue weighted by Crippen LogP contribution is -2.34. The number of hydrogen-bond donors (Lipinski definition) is 1. The highest BCUT2D eigenvalue weighted by Crippen LogP contribution is 2.30. The minimum atomic E-state index is -0.452. The maximum Gasteiger partial charge on any atom is 0.287 e. The molecule has 3 heterocycles. The third-order valence-corrected chi connectivity index (χ3v) is 5.52. The maximum absolute atomic E-state index is 10.9. The van der Waals surface area contributed by atoms with Crippen molar-refractivity contribution in [2.45, 2.75) is 38.4 Å². The predicted molar refractivity (Wildman–Crippen MR) is 97.1 cm³/mol. The lowest BCUT2D eigenvalue weighted by Gasteiger charge is -2.32. The van der Waals surface area contributed by atoms with E-state index in [9.17, 15) is 10.1 Å². The van der Waals surface area contributed by atoms with Crippen molar-refractivity contribution in [3.8, 4) is 0 Å². The smallest absolute Gasteiger partial charge is 0.287 e. The summed E-state index contributed by atoms with van der Waals surface area (Å²) in [5, 5.41) is 23.1. The fraction of sp³-hybridized carbons (Fsp3) is 0.529. The van der Waals surface area contributed by atoms with E-state index < -0.39 is 4.92 Å². The molecule has 0 radical (unpaired) electrons. The summed E-state index contributed by atoms with van der Waals surface area (Å²) in [6, 6.07) is 4.98. The Balaban J connectivity index is 1.37. The molecule has 0 atom stereocenters. The van der Waals surface area contributed by atoms with Crippen molar-refractivity contribution in [2.75, 3.05) is 19.6 Å². The third-order valence-electron chi connectivity index (χ3n) is 5.22. The van der Waals surface area contributed by atoms with Crippen molar-refractivity contribution in [1.29, 1.82) is 0 Å². The van der Waals surface area contributed by atoms with Gasteiger partial charge in [-0.1, -0.05) is 17.7 Å². The Morgan fingerprint density at radius 2 is 2.08 bits per heavy atom. The second-order valence-corrected chi connectivity index (χ2v) is 7.30. The minimum absolute atomic E-state index is 0.0415. The quantitative estimate of drug-likeness (QED) is 0.650. The Labute approximate surface area is 156 Å². The lowest BCUT2D eigenvalue weighted by atomic mass is 9.95. The van der Waals surface area contributed by atoms with Crippen molar-refractivity contribution < 1.29 is 4.92 Å². The number of nitro groups is 1. The molecule has 2 aromatic rings. The number of hydrogen-bond acceptors (Lipinski definition) is 6. The molecule has 1 N–H and O–H groups in total. The summed E-state index contributed by atoms with van der Waals surface area (Å²) >= 11 is 6.02. The summed E-state index contributed by atoms with van der Waals surface area (Å²) in [7, 11) is 0. The van der Waals surface area contributed by atoms with Crippen LogP contribution in [0.1, 0.15) is 36.0 Å². The molecule has 1 saturated heterocycles. The molecule has 138 valence electrons. The zero-order chi connectivity index (χ0) is 18.1. The number of fused-ring (bicyclic) bond motifs is 1. The van der Waals surface area contributed by atoms with Gasteiger partial charge in [0, 0.05) is 31.6 Å². The largest absolute Gasteiger partial charge is 0.312 e. The van der Waals surface area contributed by atoms with Gasteiger partial charge in [-0.2, -0.15) is 0 Å². The van der Waals surface area contributed by atoms with E-state index in [1.54, 1.807) is 12.1 Å². The van der Waals surface area contributed by atoms with Gasteiger partial charge in [0.15, 0.2) is 0 Å². The number of rotatable bonds is 4. The van der Waals surface area contributed by atoms with Gasteiger partial charge in [0.2, 0.25) is 0 Å². The van der Waals surface area contributed by atoms with Crippen molar-refractivity contribution in [2.24, 2.45) is 0 Å². The van der Waals surface area contributed by atoms with E-state index in [1.807, 2.05) is 0 Å². The van der Waals surface area contributed by atoms with Crippen LogP contribution in [0.2, 0.25) is 5.02 Å². The zero-order valence-electron chi connectivity index (χ0n) is 14.4. The molecule has 9 heteroatoms. The van der Waals surface area contributed by atoms with E-state index in [0.717, 1.165) is 69.3 Å². The van der Waals surface area contributed by atoms with Crippen molar-refractivity contribution >= 4 is 17.3 Å². The number of piperidine rings is 1. The SMILES string of the molecule is O=[N+]([O-])c1ccc(CN2CCC(c3nnc4n3CCNC4)CC2)cc1Cl. The van der Waals surface area contributed by atoms with Gasteiger partial charge < -0.3 is 9.88 Å². The van der Waals surface area contributed by atoms with Crippen LogP contribution in [0.3, 0.4) is 0 Å². The van der Waals surface area contributed by atoms with Crippen LogP contribution in [-0.2, 0) is 19.6 Å². The van der Waals surface area contributed by atoms with Crippen molar-refractivity contribution in [1.82, 2.24) is 25.0 Å². The van der Waals surface area contributed by atoms with Gasteiger partial charge in [-0.25, -0.2) is 0 Å². The first-order valence-electron chi connectivity index (χ1n) is 8.89.